The van der Waals surface area contributed by atoms with Crippen LogP contribution in [0.25, 0.3) is 10.9 Å². The number of aromatic amines is 1. The minimum absolute atomic E-state index is 0.712. The van der Waals surface area contributed by atoms with E-state index in [4.69, 9.17) is 5.26 Å². The van der Waals surface area contributed by atoms with Crippen LogP contribution in [-0.2, 0) is 6.42 Å². The van der Waals surface area contributed by atoms with Crippen molar-refractivity contribution in [2.75, 3.05) is 0 Å². The van der Waals surface area contributed by atoms with Gasteiger partial charge in [0.05, 0.1) is 11.6 Å². The number of rotatable bonds is 2. The van der Waals surface area contributed by atoms with Crippen LogP contribution in [0.2, 0.25) is 0 Å². The Morgan fingerprint density at radius 2 is 1.89 bits per heavy atom. The Hall–Kier alpha value is -2.53. The van der Waals surface area contributed by atoms with Crippen LogP contribution in [0.15, 0.2) is 54.6 Å². The summed E-state index contributed by atoms with van der Waals surface area (Å²) in [4.78, 5) is 3.40. The van der Waals surface area contributed by atoms with Crippen LogP contribution in [0, 0.1) is 11.3 Å². The number of nitrogens with one attached hydrogen (secondary N) is 1. The zero-order chi connectivity index (χ0) is 12.4. The maximum Gasteiger partial charge on any atom is 0.0991 e. The molecule has 0 fully saturated rings. The molecule has 0 spiro atoms. The van der Waals surface area contributed by atoms with Crippen molar-refractivity contribution in [1.29, 1.82) is 5.26 Å². The summed E-state index contributed by atoms with van der Waals surface area (Å²) in [6.45, 7) is 0. The van der Waals surface area contributed by atoms with E-state index in [1.807, 2.05) is 36.4 Å². The normalized spacial score (nSPS) is 10.4. The number of hydrogen-bond acceptors (Lipinski definition) is 1. The highest BCUT2D eigenvalue weighted by Gasteiger charge is 2.02. The summed E-state index contributed by atoms with van der Waals surface area (Å²) in [6.07, 6.45) is 0.824. The third-order valence-electron chi connectivity index (χ3n) is 3.04. The van der Waals surface area contributed by atoms with Gasteiger partial charge in [-0.15, -0.1) is 0 Å². The highest BCUT2D eigenvalue weighted by molar-refractivity contribution is 5.80. The van der Waals surface area contributed by atoms with E-state index in [1.54, 1.807) is 0 Å². The summed E-state index contributed by atoms with van der Waals surface area (Å²) in [5.74, 6) is 0. The van der Waals surface area contributed by atoms with E-state index in [0.29, 0.717) is 5.56 Å². The van der Waals surface area contributed by atoms with Crippen molar-refractivity contribution in [3.05, 3.63) is 71.4 Å². The van der Waals surface area contributed by atoms with Crippen LogP contribution < -0.4 is 0 Å². The molecule has 0 aliphatic rings. The summed E-state index contributed by atoms with van der Waals surface area (Å²) in [6, 6.07) is 20.3. The Morgan fingerprint density at radius 1 is 1.00 bits per heavy atom. The Labute approximate surface area is 106 Å². The van der Waals surface area contributed by atoms with Gasteiger partial charge in [-0.1, -0.05) is 30.3 Å². The molecule has 0 aliphatic carbocycles. The minimum atomic E-state index is 0.712. The Balaban J connectivity index is 1.94. The summed E-state index contributed by atoms with van der Waals surface area (Å²) in [5.41, 5.74) is 4.19. The van der Waals surface area contributed by atoms with Crippen molar-refractivity contribution in [3.63, 3.8) is 0 Å². The zero-order valence-electron chi connectivity index (χ0n) is 9.85. The lowest BCUT2D eigenvalue weighted by atomic mass is 10.1. The fraction of sp³-hybridized carbons (Fsp3) is 0.0625. The molecule has 0 saturated heterocycles. The molecule has 2 heteroatoms. The monoisotopic (exact) mass is 232 g/mol. The predicted octanol–water partition coefficient (Wildman–Crippen LogP) is 3.63. The summed E-state index contributed by atoms with van der Waals surface area (Å²) < 4.78 is 0. The van der Waals surface area contributed by atoms with E-state index < -0.39 is 0 Å². The molecule has 0 bridgehead atoms. The first-order valence-corrected chi connectivity index (χ1v) is 5.91. The minimum Gasteiger partial charge on any atom is -0.358 e. The molecule has 2 aromatic carbocycles. The van der Waals surface area contributed by atoms with Gasteiger partial charge in [-0.25, -0.2) is 0 Å². The molecule has 0 radical (unpaired) electrons. The lowest BCUT2D eigenvalue weighted by Gasteiger charge is -1.99. The fourth-order valence-electron chi connectivity index (χ4n) is 2.20. The maximum atomic E-state index is 8.88. The average Bonchev–Trinajstić information content (AvgIpc) is 2.81. The average molecular weight is 232 g/mol. The second kappa shape index (κ2) is 4.38. The molecule has 2 nitrogen and oxygen atoms in total. The lowest BCUT2D eigenvalue weighted by molar-refractivity contribution is 1.12. The van der Waals surface area contributed by atoms with Crippen LogP contribution in [0.3, 0.4) is 0 Å². The summed E-state index contributed by atoms with van der Waals surface area (Å²) in [7, 11) is 0. The van der Waals surface area contributed by atoms with Gasteiger partial charge in [-0.3, -0.25) is 0 Å². The first kappa shape index (κ1) is 10.6. The quantitative estimate of drug-likeness (QED) is 0.720. The van der Waals surface area contributed by atoms with Gasteiger partial charge in [0.2, 0.25) is 0 Å². The third kappa shape index (κ3) is 1.99. The Bertz CT molecular complexity index is 699. The smallest absolute Gasteiger partial charge is 0.0991 e. The van der Waals surface area contributed by atoms with Crippen LogP contribution in [0.1, 0.15) is 16.8 Å². The molecule has 0 unspecified atom stereocenters. The number of fused-ring (bicyclic) bond motifs is 1. The number of H-pyrrole nitrogens is 1. The molecule has 3 rings (SSSR count). The molecule has 18 heavy (non-hydrogen) atoms. The van der Waals surface area contributed by atoms with Crippen molar-refractivity contribution >= 4 is 10.9 Å². The molecule has 0 aliphatic heterocycles. The molecule has 0 saturated carbocycles. The predicted molar refractivity (Wildman–Crippen MR) is 72.3 cm³/mol. The van der Waals surface area contributed by atoms with Gasteiger partial charge < -0.3 is 4.98 Å². The van der Waals surface area contributed by atoms with Gasteiger partial charge in [0, 0.05) is 17.6 Å². The topological polar surface area (TPSA) is 39.6 Å². The van der Waals surface area contributed by atoms with Gasteiger partial charge in [-0.2, -0.15) is 5.26 Å². The maximum absolute atomic E-state index is 8.88. The van der Waals surface area contributed by atoms with Crippen molar-refractivity contribution < 1.29 is 0 Å². The van der Waals surface area contributed by atoms with Gasteiger partial charge in [0.1, 0.15) is 0 Å². The number of hydrogen-bond donors (Lipinski definition) is 1. The second-order valence-electron chi connectivity index (χ2n) is 4.37. The molecule has 1 aromatic heterocycles. The third-order valence-corrected chi connectivity index (χ3v) is 3.04. The van der Waals surface area contributed by atoms with Gasteiger partial charge in [0.25, 0.3) is 0 Å². The standard InChI is InChI=1S/C16H12N2/c17-11-13-5-3-4-12(8-13)9-15-10-14-6-1-2-7-16(14)18-15/h1-8,10,18H,9H2. The fourth-order valence-corrected chi connectivity index (χ4v) is 2.20. The second-order valence-corrected chi connectivity index (χ2v) is 4.37. The first-order chi connectivity index (χ1) is 8.85. The van der Waals surface area contributed by atoms with Gasteiger partial charge in [0.15, 0.2) is 0 Å². The molecule has 3 aromatic rings. The number of nitrogens with zero attached hydrogens (tertiary/aromatic N) is 1. The van der Waals surface area contributed by atoms with Crippen molar-refractivity contribution in [3.8, 4) is 6.07 Å². The van der Waals surface area contributed by atoms with E-state index in [2.05, 4.69) is 29.3 Å². The van der Waals surface area contributed by atoms with Crippen molar-refractivity contribution in [2.45, 2.75) is 6.42 Å². The van der Waals surface area contributed by atoms with Gasteiger partial charge >= 0.3 is 0 Å². The Morgan fingerprint density at radius 3 is 2.72 bits per heavy atom. The van der Waals surface area contributed by atoms with E-state index in [0.717, 1.165) is 17.5 Å². The van der Waals surface area contributed by atoms with E-state index >= 15 is 0 Å². The van der Waals surface area contributed by atoms with Crippen LogP contribution >= 0.6 is 0 Å². The van der Waals surface area contributed by atoms with Crippen LogP contribution in [-0.4, -0.2) is 4.98 Å². The summed E-state index contributed by atoms with van der Waals surface area (Å²) >= 11 is 0. The van der Waals surface area contributed by atoms with E-state index in [9.17, 15) is 0 Å². The van der Waals surface area contributed by atoms with Gasteiger partial charge in [-0.05, 0) is 35.2 Å². The highest BCUT2D eigenvalue weighted by Crippen LogP contribution is 2.17. The largest absolute Gasteiger partial charge is 0.358 e. The number of benzene rings is 2. The lowest BCUT2D eigenvalue weighted by Crippen LogP contribution is -1.88. The van der Waals surface area contributed by atoms with Crippen LogP contribution in [0.5, 0.6) is 0 Å². The Kier molecular flexibility index (Phi) is 2.59. The highest BCUT2D eigenvalue weighted by atomic mass is 14.7. The molecule has 0 atom stereocenters. The first-order valence-electron chi connectivity index (χ1n) is 5.91. The number of nitriles is 1. The molecular weight excluding hydrogens is 220 g/mol. The van der Waals surface area contributed by atoms with E-state index in [-0.39, 0.29) is 0 Å². The molecule has 0 amide bonds. The summed E-state index contributed by atoms with van der Waals surface area (Å²) in [5, 5.41) is 10.1. The molecule has 1 heterocycles. The molecular formula is C16H12N2. The van der Waals surface area contributed by atoms with Crippen molar-refractivity contribution in [1.82, 2.24) is 4.98 Å². The molecule has 86 valence electrons. The SMILES string of the molecule is N#Cc1cccc(Cc2cc3ccccc3[nH]2)c1. The number of para-hydroxylation sites is 1. The zero-order valence-corrected chi connectivity index (χ0v) is 9.85. The van der Waals surface area contributed by atoms with E-state index in [1.165, 1.54) is 11.1 Å². The molecule has 1 N–H and O–H groups in total. The number of aromatic nitrogens is 1. The van der Waals surface area contributed by atoms with Crippen LogP contribution in [0.4, 0.5) is 0 Å². The van der Waals surface area contributed by atoms with Crippen molar-refractivity contribution in [2.24, 2.45) is 0 Å².